The average Bonchev–Trinajstić information content (AvgIpc) is 3.06. The van der Waals surface area contributed by atoms with Gasteiger partial charge in [0.1, 0.15) is 25.4 Å². The van der Waals surface area contributed by atoms with Crippen molar-refractivity contribution in [2.75, 3.05) is 13.7 Å². The highest BCUT2D eigenvalue weighted by molar-refractivity contribution is 5.91. The number of phenolic OH excluding ortho intramolecular Hbond substituents is 2. The summed E-state index contributed by atoms with van der Waals surface area (Å²) < 4.78 is 35.3. The van der Waals surface area contributed by atoms with Crippen LogP contribution in [0.3, 0.4) is 0 Å². The molecule has 0 bridgehead atoms. The number of rotatable bonds is 13. The van der Waals surface area contributed by atoms with Crippen molar-refractivity contribution in [2.24, 2.45) is 0 Å². The van der Waals surface area contributed by atoms with Crippen molar-refractivity contribution in [1.29, 1.82) is 0 Å². The maximum atomic E-state index is 12.9. The largest absolute Gasteiger partial charge is 0.504 e. The Kier molecular flexibility index (Phi) is 10.8. The molecule has 44 heavy (non-hydrogen) atoms. The molecule has 0 unspecified atom stereocenters. The monoisotopic (exact) mass is 599 g/mol. The van der Waals surface area contributed by atoms with E-state index in [0.717, 1.165) is 16.7 Å². The second-order valence-corrected chi connectivity index (χ2v) is 10.2. The van der Waals surface area contributed by atoms with Crippen LogP contribution in [0.2, 0.25) is 0 Å². The van der Waals surface area contributed by atoms with E-state index in [9.17, 15) is 15.0 Å². The van der Waals surface area contributed by atoms with E-state index in [-0.39, 0.29) is 36.0 Å². The summed E-state index contributed by atoms with van der Waals surface area (Å²) in [6.07, 6.45) is -0.834. The molecule has 0 aliphatic carbocycles. The van der Waals surface area contributed by atoms with Gasteiger partial charge in [-0.1, -0.05) is 91.0 Å². The lowest BCUT2D eigenvalue weighted by Gasteiger charge is -2.40. The van der Waals surface area contributed by atoms with Gasteiger partial charge in [0.15, 0.2) is 17.8 Å². The second kappa shape index (κ2) is 15.4. The van der Waals surface area contributed by atoms with Crippen LogP contribution in [0.25, 0.3) is 0 Å². The summed E-state index contributed by atoms with van der Waals surface area (Å²) in [6.45, 7) is 0.618. The minimum atomic E-state index is -0.803. The van der Waals surface area contributed by atoms with E-state index in [4.69, 9.17) is 28.4 Å². The first kappa shape index (κ1) is 31.0. The molecular formula is C35H35O9. The van der Waals surface area contributed by atoms with Crippen molar-refractivity contribution in [3.05, 3.63) is 132 Å². The van der Waals surface area contributed by atoms with Gasteiger partial charge in [-0.3, -0.25) is 0 Å². The summed E-state index contributed by atoms with van der Waals surface area (Å²) in [5.41, 5.74) is 2.78. The van der Waals surface area contributed by atoms with Gasteiger partial charge in [-0.05, 0) is 28.8 Å². The molecule has 4 aromatic carbocycles. The standard InChI is InChI=1S/C35H35O9/c1-39-35-33(42-22-26-15-9-4-10-16-26)31(40-20-24-11-5-2-6-12-24)19-28(44-35)23-43-34(38)27-17-29(36)32(30(37)18-27)41-21-25-13-7-3-8-14-25/h2-19,28,31,33,35-37H,20-23H2,1H3/t28-,31+,33-,35+/m1/s1. The SMILES string of the molecule is CO[C@H]1O[C@@H](COC(=O)c2cc(O)c(OCc3ccccc3)c(O)c2)[CH][C@H](OCc2ccccc2)[C@H]1OCc1ccccc1. The summed E-state index contributed by atoms with van der Waals surface area (Å²) >= 11 is 0. The summed E-state index contributed by atoms with van der Waals surface area (Å²) in [5.74, 6) is -1.67. The van der Waals surface area contributed by atoms with Gasteiger partial charge < -0.3 is 38.6 Å². The Bertz CT molecular complexity index is 1440. The predicted molar refractivity (Wildman–Crippen MR) is 161 cm³/mol. The minimum Gasteiger partial charge on any atom is -0.504 e. The zero-order valence-electron chi connectivity index (χ0n) is 24.3. The van der Waals surface area contributed by atoms with Crippen LogP contribution in [0, 0.1) is 6.42 Å². The number of carbonyl (C=O) groups is 1. The number of aromatic hydroxyl groups is 2. The van der Waals surface area contributed by atoms with Crippen LogP contribution < -0.4 is 4.74 Å². The summed E-state index contributed by atoms with van der Waals surface area (Å²) in [5, 5.41) is 20.9. The fourth-order valence-electron chi connectivity index (χ4n) is 4.75. The number of carbonyl (C=O) groups excluding carboxylic acids is 1. The van der Waals surface area contributed by atoms with Gasteiger partial charge in [-0.2, -0.15) is 0 Å². The number of methoxy groups -OCH3 is 1. The van der Waals surface area contributed by atoms with Crippen molar-refractivity contribution < 1.29 is 43.4 Å². The Morgan fingerprint density at radius 2 is 1.27 bits per heavy atom. The van der Waals surface area contributed by atoms with Crippen LogP contribution in [-0.2, 0) is 43.5 Å². The highest BCUT2D eigenvalue weighted by Gasteiger charge is 2.41. The third-order valence-corrected chi connectivity index (χ3v) is 7.00. The molecule has 1 heterocycles. The zero-order chi connectivity index (χ0) is 30.7. The van der Waals surface area contributed by atoms with Crippen molar-refractivity contribution in [3.63, 3.8) is 0 Å². The lowest BCUT2D eigenvalue weighted by atomic mass is 10.0. The van der Waals surface area contributed by atoms with Crippen LogP contribution in [0.15, 0.2) is 103 Å². The first-order valence-corrected chi connectivity index (χ1v) is 14.2. The number of ether oxygens (including phenoxy) is 6. The first-order valence-electron chi connectivity index (χ1n) is 14.2. The molecule has 0 saturated carbocycles. The van der Waals surface area contributed by atoms with Gasteiger partial charge in [-0.15, -0.1) is 0 Å². The molecule has 9 nitrogen and oxygen atoms in total. The normalized spacial score (nSPS) is 19.8. The van der Waals surface area contributed by atoms with Crippen molar-refractivity contribution in [1.82, 2.24) is 0 Å². The first-order chi connectivity index (χ1) is 21.5. The van der Waals surface area contributed by atoms with Gasteiger partial charge in [0, 0.05) is 13.5 Å². The molecule has 5 rings (SSSR count). The Morgan fingerprint density at radius 1 is 0.750 bits per heavy atom. The van der Waals surface area contributed by atoms with Crippen molar-refractivity contribution >= 4 is 5.97 Å². The topological polar surface area (TPSA) is 113 Å². The molecule has 0 spiro atoms. The summed E-state index contributed by atoms with van der Waals surface area (Å²) in [4.78, 5) is 12.9. The van der Waals surface area contributed by atoms with E-state index in [2.05, 4.69) is 0 Å². The number of phenols is 2. The molecule has 2 N–H and O–H groups in total. The molecule has 1 aliphatic heterocycles. The molecule has 229 valence electrons. The molecule has 1 fully saturated rings. The molecule has 4 atom stereocenters. The van der Waals surface area contributed by atoms with Crippen LogP contribution in [-0.4, -0.2) is 54.5 Å². The molecule has 1 aliphatic rings. The van der Waals surface area contributed by atoms with Crippen LogP contribution in [0.1, 0.15) is 27.0 Å². The molecule has 4 aromatic rings. The molecular weight excluding hydrogens is 564 g/mol. The summed E-state index contributed by atoms with van der Waals surface area (Å²) in [7, 11) is 1.51. The maximum Gasteiger partial charge on any atom is 0.338 e. The van der Waals surface area contributed by atoms with Crippen molar-refractivity contribution in [3.8, 4) is 17.2 Å². The van der Waals surface area contributed by atoms with Crippen LogP contribution in [0.4, 0.5) is 0 Å². The lowest BCUT2D eigenvalue weighted by Crippen LogP contribution is -2.53. The number of benzene rings is 4. The van der Waals surface area contributed by atoms with Gasteiger partial charge >= 0.3 is 5.97 Å². The lowest BCUT2D eigenvalue weighted by molar-refractivity contribution is -0.265. The maximum absolute atomic E-state index is 12.9. The van der Waals surface area contributed by atoms with Gasteiger partial charge in [0.05, 0.1) is 24.9 Å². The van der Waals surface area contributed by atoms with E-state index in [1.165, 1.54) is 19.2 Å². The Labute approximate surface area is 256 Å². The molecule has 9 heteroatoms. The third-order valence-electron chi connectivity index (χ3n) is 7.00. The Hall–Kier alpha value is -4.41. The fourth-order valence-corrected chi connectivity index (χ4v) is 4.75. The fraction of sp³-hybridized carbons (Fsp3) is 0.257. The molecule has 1 saturated heterocycles. The molecule has 1 radical (unpaired) electrons. The van der Waals surface area contributed by atoms with Crippen molar-refractivity contribution in [2.45, 2.75) is 44.4 Å². The number of esters is 1. The quantitative estimate of drug-likeness (QED) is 0.190. The average molecular weight is 600 g/mol. The minimum absolute atomic E-state index is 0.0490. The summed E-state index contributed by atoms with van der Waals surface area (Å²) in [6, 6.07) is 31.2. The highest BCUT2D eigenvalue weighted by Crippen LogP contribution is 2.38. The van der Waals surface area contributed by atoms with E-state index >= 15 is 0 Å². The van der Waals surface area contributed by atoms with E-state index < -0.39 is 30.6 Å². The van der Waals surface area contributed by atoms with E-state index in [1.807, 2.05) is 91.0 Å². The third kappa shape index (κ3) is 8.36. The van der Waals surface area contributed by atoms with E-state index in [1.54, 1.807) is 6.42 Å². The smallest absolute Gasteiger partial charge is 0.338 e. The van der Waals surface area contributed by atoms with E-state index in [0.29, 0.717) is 13.2 Å². The number of hydrogen-bond donors (Lipinski definition) is 2. The second-order valence-electron chi connectivity index (χ2n) is 10.2. The van der Waals surface area contributed by atoms with Gasteiger partial charge in [-0.25, -0.2) is 4.79 Å². The van der Waals surface area contributed by atoms with Crippen LogP contribution in [0.5, 0.6) is 17.2 Å². The number of hydrogen-bond acceptors (Lipinski definition) is 9. The molecule has 0 aromatic heterocycles. The van der Waals surface area contributed by atoms with Gasteiger partial charge in [0.2, 0.25) is 5.75 Å². The predicted octanol–water partition coefficient (Wildman–Crippen LogP) is 5.58. The van der Waals surface area contributed by atoms with Crippen LogP contribution >= 0.6 is 0 Å². The zero-order valence-corrected chi connectivity index (χ0v) is 24.3. The Morgan fingerprint density at radius 3 is 1.82 bits per heavy atom. The molecule has 0 amide bonds. The highest BCUT2D eigenvalue weighted by atomic mass is 16.7. The Balaban J connectivity index is 1.22. The van der Waals surface area contributed by atoms with Gasteiger partial charge in [0.25, 0.3) is 0 Å².